The van der Waals surface area contributed by atoms with Gasteiger partial charge in [0.25, 0.3) is 0 Å². The predicted octanol–water partition coefficient (Wildman–Crippen LogP) is 2.65. The number of rotatable bonds is 4. The summed E-state index contributed by atoms with van der Waals surface area (Å²) in [6.45, 7) is 5.10. The fourth-order valence-electron chi connectivity index (χ4n) is 0.651. The highest BCUT2D eigenvalue weighted by Gasteiger charge is 1.94. The van der Waals surface area contributed by atoms with Crippen LogP contribution in [0.3, 0.4) is 0 Å². The molecule has 0 aromatic rings. The number of hydrogen-bond donors (Lipinski definition) is 1. The van der Waals surface area contributed by atoms with E-state index in [0.717, 1.165) is 12.3 Å². The summed E-state index contributed by atoms with van der Waals surface area (Å²) in [5, 5.41) is 0. The van der Waals surface area contributed by atoms with E-state index in [2.05, 4.69) is 38.7 Å². The summed E-state index contributed by atoms with van der Waals surface area (Å²) < 4.78 is 5.34. The fraction of sp³-hybridized carbons (Fsp3) is 0.857. The van der Waals surface area contributed by atoms with Gasteiger partial charge in [0.05, 0.1) is 6.61 Å². The molecular weight excluding hydrogens is 164 g/mol. The molecule has 0 heterocycles. The molecule has 60 valence electrons. The van der Waals surface area contributed by atoms with E-state index < -0.39 is 0 Å². The van der Waals surface area contributed by atoms with Gasteiger partial charge in [-0.1, -0.05) is 26.5 Å². The first-order valence-electron chi connectivity index (χ1n) is 3.48. The molecule has 0 radical (unpaired) electrons. The van der Waals surface area contributed by atoms with Gasteiger partial charge < -0.3 is 4.74 Å². The van der Waals surface area contributed by atoms with Gasteiger partial charge in [-0.3, -0.25) is 0 Å². The Bertz CT molecular complexity index is 102. The Hall–Kier alpha value is 0.240. The molecule has 0 aliphatic carbocycles. The van der Waals surface area contributed by atoms with Gasteiger partial charge in [-0.15, -0.1) is 0 Å². The molecule has 0 unspecified atom stereocenters. The van der Waals surface area contributed by atoms with Crippen LogP contribution in [0.15, 0.2) is 0 Å². The van der Waals surface area contributed by atoms with Crippen LogP contribution >= 0.6 is 24.8 Å². The second-order valence-corrected chi connectivity index (χ2v) is 3.73. The van der Waals surface area contributed by atoms with Gasteiger partial charge in [-0.25, -0.2) is 0 Å². The van der Waals surface area contributed by atoms with E-state index in [1.54, 1.807) is 0 Å². The van der Waals surface area contributed by atoms with Crippen LogP contribution in [0.5, 0.6) is 0 Å². The molecule has 0 amide bonds. The molecule has 0 saturated carbocycles. The first kappa shape index (κ1) is 10.2. The van der Waals surface area contributed by atoms with E-state index >= 15 is 0 Å². The lowest BCUT2D eigenvalue weighted by atomic mass is 10.1. The highest BCUT2D eigenvalue weighted by molar-refractivity contribution is 8.10. The van der Waals surface area contributed by atoms with Crippen molar-refractivity contribution >= 4 is 29.2 Å². The standard InChI is InChI=1S/C7H14OS2/c1-6(2)4-3-5-8-7(9)10/h6H,3-5H2,1-2H3,(H,9,10). The van der Waals surface area contributed by atoms with E-state index in [1.807, 2.05) is 0 Å². The summed E-state index contributed by atoms with van der Waals surface area (Å²) in [6.07, 6.45) is 2.26. The third-order valence-electron chi connectivity index (χ3n) is 1.15. The maximum atomic E-state index is 4.99. The van der Waals surface area contributed by atoms with Crippen LogP contribution in [-0.2, 0) is 4.74 Å². The minimum atomic E-state index is 0.351. The van der Waals surface area contributed by atoms with Crippen LogP contribution in [-0.4, -0.2) is 11.0 Å². The van der Waals surface area contributed by atoms with Crippen molar-refractivity contribution in [1.29, 1.82) is 0 Å². The van der Waals surface area contributed by atoms with E-state index in [9.17, 15) is 0 Å². The Balaban J connectivity index is 2.98. The molecule has 10 heavy (non-hydrogen) atoms. The highest BCUT2D eigenvalue weighted by atomic mass is 32.1. The Morgan fingerprint density at radius 3 is 2.60 bits per heavy atom. The van der Waals surface area contributed by atoms with Gasteiger partial charge in [-0.2, -0.15) is 0 Å². The van der Waals surface area contributed by atoms with Crippen molar-refractivity contribution in [2.75, 3.05) is 6.61 Å². The maximum absolute atomic E-state index is 4.99. The van der Waals surface area contributed by atoms with Crippen molar-refractivity contribution in [2.45, 2.75) is 26.7 Å². The number of thiocarbonyl (C=S) groups is 1. The lowest BCUT2D eigenvalue weighted by Crippen LogP contribution is -1.98. The van der Waals surface area contributed by atoms with E-state index in [-0.39, 0.29) is 0 Å². The van der Waals surface area contributed by atoms with Crippen molar-refractivity contribution < 1.29 is 4.74 Å². The van der Waals surface area contributed by atoms with Crippen LogP contribution in [0.1, 0.15) is 26.7 Å². The Kier molecular flexibility index (Phi) is 6.13. The predicted molar refractivity (Wildman–Crippen MR) is 51.6 cm³/mol. The molecule has 0 fully saturated rings. The molecule has 0 rings (SSSR count). The number of thiol groups is 1. The molecule has 1 nitrogen and oxygen atoms in total. The zero-order valence-electron chi connectivity index (χ0n) is 6.46. The number of ether oxygens (including phenoxy) is 1. The number of hydrogen-bond acceptors (Lipinski definition) is 2. The second kappa shape index (κ2) is 5.98. The van der Waals surface area contributed by atoms with Crippen molar-refractivity contribution in [2.24, 2.45) is 5.92 Å². The van der Waals surface area contributed by atoms with Crippen molar-refractivity contribution in [3.63, 3.8) is 0 Å². The highest BCUT2D eigenvalue weighted by Crippen LogP contribution is 2.03. The van der Waals surface area contributed by atoms with Gasteiger partial charge in [0.2, 0.25) is 4.38 Å². The molecule has 0 atom stereocenters. The van der Waals surface area contributed by atoms with Crippen molar-refractivity contribution in [1.82, 2.24) is 0 Å². The van der Waals surface area contributed by atoms with Crippen LogP contribution in [0.2, 0.25) is 0 Å². The lowest BCUT2D eigenvalue weighted by Gasteiger charge is -2.04. The zero-order chi connectivity index (χ0) is 7.98. The van der Waals surface area contributed by atoms with Crippen molar-refractivity contribution in [3.05, 3.63) is 0 Å². The molecule has 0 aromatic carbocycles. The van der Waals surface area contributed by atoms with E-state index in [1.165, 1.54) is 6.42 Å². The van der Waals surface area contributed by atoms with E-state index in [4.69, 9.17) is 4.74 Å². The third kappa shape index (κ3) is 8.24. The molecule has 0 aliphatic heterocycles. The topological polar surface area (TPSA) is 9.23 Å². The first-order valence-corrected chi connectivity index (χ1v) is 4.34. The van der Waals surface area contributed by atoms with Gasteiger partial charge in [-0.05, 0) is 31.0 Å². The SMILES string of the molecule is CC(C)CCCOC(=S)S. The summed E-state index contributed by atoms with van der Waals surface area (Å²) in [5.74, 6) is 0.747. The maximum Gasteiger partial charge on any atom is 0.216 e. The fourth-order valence-corrected chi connectivity index (χ4v) is 0.826. The third-order valence-corrected chi connectivity index (χ3v) is 1.40. The summed E-state index contributed by atoms with van der Waals surface area (Å²) >= 11 is 8.45. The summed E-state index contributed by atoms with van der Waals surface area (Å²) in [7, 11) is 0. The molecule has 0 bridgehead atoms. The Labute approximate surface area is 73.6 Å². The average molecular weight is 178 g/mol. The monoisotopic (exact) mass is 178 g/mol. The van der Waals surface area contributed by atoms with Crippen LogP contribution in [0.25, 0.3) is 0 Å². The average Bonchev–Trinajstić information content (AvgIpc) is 1.79. The molecule has 3 heteroatoms. The summed E-state index contributed by atoms with van der Waals surface area (Å²) in [5.41, 5.74) is 0. The van der Waals surface area contributed by atoms with Crippen LogP contribution in [0.4, 0.5) is 0 Å². The summed E-state index contributed by atoms with van der Waals surface area (Å²) in [4.78, 5) is 0. The quantitative estimate of drug-likeness (QED) is 0.402. The molecule has 0 N–H and O–H groups in total. The first-order chi connectivity index (χ1) is 4.63. The Morgan fingerprint density at radius 1 is 1.60 bits per heavy atom. The van der Waals surface area contributed by atoms with Gasteiger partial charge >= 0.3 is 0 Å². The van der Waals surface area contributed by atoms with Crippen LogP contribution in [0, 0.1) is 5.92 Å². The zero-order valence-corrected chi connectivity index (χ0v) is 8.17. The van der Waals surface area contributed by atoms with Crippen LogP contribution < -0.4 is 0 Å². The molecule has 0 spiro atoms. The minimum absolute atomic E-state index is 0.351. The molecule has 0 saturated heterocycles. The largest absolute Gasteiger partial charge is 0.479 e. The second-order valence-electron chi connectivity index (χ2n) is 2.65. The minimum Gasteiger partial charge on any atom is -0.479 e. The van der Waals surface area contributed by atoms with Crippen molar-refractivity contribution in [3.8, 4) is 0 Å². The molecular formula is C7H14OS2. The van der Waals surface area contributed by atoms with Gasteiger partial charge in [0.15, 0.2) is 0 Å². The van der Waals surface area contributed by atoms with Gasteiger partial charge in [0, 0.05) is 0 Å². The van der Waals surface area contributed by atoms with E-state index in [0.29, 0.717) is 11.0 Å². The molecule has 0 aromatic heterocycles. The Morgan fingerprint density at radius 2 is 2.20 bits per heavy atom. The lowest BCUT2D eigenvalue weighted by molar-refractivity contribution is 0.301. The normalized spacial score (nSPS) is 10.0. The van der Waals surface area contributed by atoms with Gasteiger partial charge in [0.1, 0.15) is 0 Å². The smallest absolute Gasteiger partial charge is 0.216 e. The molecule has 0 aliphatic rings. The summed E-state index contributed by atoms with van der Waals surface area (Å²) in [6, 6.07) is 0.